The smallest absolute Gasteiger partial charge is 0.224 e. The molecule has 32 heavy (non-hydrogen) atoms. The molecule has 2 N–H and O–H groups in total. The van der Waals surface area contributed by atoms with Gasteiger partial charge in [-0.3, -0.25) is 14.5 Å². The molecular weight excluding hydrogens is 420 g/mol. The normalized spacial score (nSPS) is 14.8. The van der Waals surface area contributed by atoms with E-state index in [-0.39, 0.29) is 5.91 Å². The number of benzene rings is 2. The number of piperidine rings is 1. The van der Waals surface area contributed by atoms with Crippen molar-refractivity contribution in [1.82, 2.24) is 29.6 Å². The number of nitrogens with one attached hydrogen (secondary N) is 2. The summed E-state index contributed by atoms with van der Waals surface area (Å²) in [5.41, 5.74) is 4.23. The minimum atomic E-state index is 0.159. The Kier molecular flexibility index (Phi) is 5.61. The van der Waals surface area contributed by atoms with Crippen LogP contribution < -0.4 is 0 Å². The number of para-hydroxylation sites is 2. The average molecular weight is 447 g/mol. The minimum Gasteiger partial charge on any atom is -0.343 e. The molecule has 1 fully saturated rings. The quantitative estimate of drug-likeness (QED) is 0.439. The lowest BCUT2D eigenvalue weighted by Gasteiger charge is -2.31. The van der Waals surface area contributed by atoms with Gasteiger partial charge in [0.05, 0.1) is 11.0 Å². The standard InChI is InChI=1S/C24H26N6OS/c1-16-5-4-6-18(15-16)23-27-28-24(32)30(23)14-11-21(31)29-12-9-17(10-13-29)22-25-19-7-2-3-8-20(19)26-22/h2-8,15,17H,9-14H2,1H3,(H,25,26)(H,28,32). The molecule has 0 aliphatic carbocycles. The minimum absolute atomic E-state index is 0.159. The Labute approximate surface area is 191 Å². The molecule has 3 heterocycles. The molecule has 0 unspecified atom stereocenters. The third kappa shape index (κ3) is 4.10. The molecule has 0 radical (unpaired) electrons. The van der Waals surface area contributed by atoms with Crippen LogP contribution in [0.3, 0.4) is 0 Å². The van der Waals surface area contributed by atoms with Crippen LogP contribution in [0.4, 0.5) is 0 Å². The average Bonchev–Trinajstić information content (AvgIpc) is 3.41. The highest BCUT2D eigenvalue weighted by Crippen LogP contribution is 2.28. The first-order valence-electron chi connectivity index (χ1n) is 11.0. The molecule has 8 heteroatoms. The summed E-state index contributed by atoms with van der Waals surface area (Å²) in [5, 5.41) is 7.26. The first kappa shape index (κ1) is 20.6. The first-order chi connectivity index (χ1) is 15.6. The molecule has 4 aromatic rings. The Morgan fingerprint density at radius 2 is 1.97 bits per heavy atom. The Morgan fingerprint density at radius 1 is 1.16 bits per heavy atom. The predicted octanol–water partition coefficient (Wildman–Crippen LogP) is 4.59. The summed E-state index contributed by atoms with van der Waals surface area (Å²) in [5.74, 6) is 2.33. The molecule has 0 atom stereocenters. The van der Waals surface area contributed by atoms with E-state index in [1.165, 1.54) is 0 Å². The molecule has 7 nitrogen and oxygen atoms in total. The van der Waals surface area contributed by atoms with Gasteiger partial charge in [0.1, 0.15) is 5.82 Å². The van der Waals surface area contributed by atoms with Gasteiger partial charge in [-0.1, -0.05) is 35.9 Å². The Balaban J connectivity index is 1.21. The molecular formula is C24H26N6OS. The molecule has 1 amide bonds. The zero-order chi connectivity index (χ0) is 22.1. The monoisotopic (exact) mass is 446 g/mol. The van der Waals surface area contributed by atoms with Crippen LogP contribution >= 0.6 is 12.2 Å². The molecule has 2 aromatic carbocycles. The number of H-pyrrole nitrogens is 2. The second-order valence-corrected chi connectivity index (χ2v) is 8.80. The zero-order valence-electron chi connectivity index (χ0n) is 18.0. The second-order valence-electron chi connectivity index (χ2n) is 8.42. The van der Waals surface area contributed by atoms with Crippen LogP contribution in [0.25, 0.3) is 22.4 Å². The van der Waals surface area contributed by atoms with E-state index in [4.69, 9.17) is 17.2 Å². The molecule has 1 aliphatic heterocycles. The molecule has 1 saturated heterocycles. The fourth-order valence-electron chi connectivity index (χ4n) is 4.46. The van der Waals surface area contributed by atoms with Crippen molar-refractivity contribution in [3.05, 3.63) is 64.7 Å². The highest BCUT2D eigenvalue weighted by molar-refractivity contribution is 7.71. The van der Waals surface area contributed by atoms with E-state index in [1.54, 1.807) is 0 Å². The Morgan fingerprint density at radius 3 is 2.75 bits per heavy atom. The van der Waals surface area contributed by atoms with Crippen LogP contribution in [0, 0.1) is 11.7 Å². The van der Waals surface area contributed by atoms with Gasteiger partial charge in [0.25, 0.3) is 0 Å². The number of nitrogens with zero attached hydrogens (tertiary/aromatic N) is 4. The number of aryl methyl sites for hydroxylation is 1. The molecule has 5 rings (SSSR count). The van der Waals surface area contributed by atoms with E-state index in [2.05, 4.69) is 27.3 Å². The van der Waals surface area contributed by atoms with Crippen molar-refractivity contribution in [2.45, 2.75) is 38.6 Å². The van der Waals surface area contributed by atoms with Crippen molar-refractivity contribution in [2.75, 3.05) is 13.1 Å². The van der Waals surface area contributed by atoms with Gasteiger partial charge in [0, 0.05) is 37.5 Å². The number of hydrogen-bond donors (Lipinski definition) is 2. The number of carbonyl (C=O) groups is 1. The van der Waals surface area contributed by atoms with Crippen LogP contribution in [0.1, 0.15) is 36.6 Å². The van der Waals surface area contributed by atoms with Crippen molar-refractivity contribution in [1.29, 1.82) is 0 Å². The molecule has 1 aliphatic rings. The Hall–Kier alpha value is -3.26. The highest BCUT2D eigenvalue weighted by atomic mass is 32.1. The Bertz CT molecular complexity index is 1280. The summed E-state index contributed by atoms with van der Waals surface area (Å²) >= 11 is 5.42. The van der Waals surface area contributed by atoms with Crippen LogP contribution in [-0.4, -0.2) is 48.6 Å². The summed E-state index contributed by atoms with van der Waals surface area (Å²) in [4.78, 5) is 23.1. The number of hydrogen-bond acceptors (Lipinski definition) is 4. The van der Waals surface area contributed by atoms with E-state index in [9.17, 15) is 4.79 Å². The maximum atomic E-state index is 12.9. The van der Waals surface area contributed by atoms with E-state index in [0.717, 1.165) is 59.7 Å². The number of aromatic nitrogens is 5. The maximum absolute atomic E-state index is 12.9. The third-order valence-corrected chi connectivity index (χ3v) is 6.54. The van der Waals surface area contributed by atoms with E-state index in [1.807, 2.05) is 52.8 Å². The van der Waals surface area contributed by atoms with Gasteiger partial charge in [-0.25, -0.2) is 4.98 Å². The largest absolute Gasteiger partial charge is 0.343 e. The van der Waals surface area contributed by atoms with Gasteiger partial charge in [-0.2, -0.15) is 5.10 Å². The van der Waals surface area contributed by atoms with Gasteiger partial charge in [-0.15, -0.1) is 0 Å². The van der Waals surface area contributed by atoms with Crippen molar-refractivity contribution in [3.63, 3.8) is 0 Å². The van der Waals surface area contributed by atoms with Gasteiger partial charge < -0.3 is 9.88 Å². The SMILES string of the molecule is Cc1cccc(-c2n[nH]c(=S)n2CCC(=O)N2CCC(c3nc4ccccc4[nH]3)CC2)c1. The topological polar surface area (TPSA) is 82.6 Å². The van der Waals surface area contributed by atoms with Crippen LogP contribution in [-0.2, 0) is 11.3 Å². The highest BCUT2D eigenvalue weighted by Gasteiger charge is 2.26. The molecule has 0 bridgehead atoms. The van der Waals surface area contributed by atoms with Crippen LogP contribution in [0.5, 0.6) is 0 Å². The van der Waals surface area contributed by atoms with E-state index < -0.39 is 0 Å². The lowest BCUT2D eigenvalue weighted by molar-refractivity contribution is -0.132. The molecule has 164 valence electrons. The van der Waals surface area contributed by atoms with Crippen LogP contribution in [0.15, 0.2) is 48.5 Å². The van der Waals surface area contributed by atoms with E-state index in [0.29, 0.717) is 23.7 Å². The second kappa shape index (κ2) is 8.70. The number of likely N-dealkylation sites (tertiary alicyclic amines) is 1. The van der Waals surface area contributed by atoms with Crippen LogP contribution in [0.2, 0.25) is 0 Å². The van der Waals surface area contributed by atoms with Crippen molar-refractivity contribution in [2.24, 2.45) is 0 Å². The first-order valence-corrected chi connectivity index (χ1v) is 11.4. The van der Waals surface area contributed by atoms with Gasteiger partial charge >= 0.3 is 0 Å². The number of aromatic amines is 2. The lowest BCUT2D eigenvalue weighted by Crippen LogP contribution is -2.38. The number of carbonyl (C=O) groups excluding carboxylic acids is 1. The fourth-order valence-corrected chi connectivity index (χ4v) is 4.69. The van der Waals surface area contributed by atoms with Crippen molar-refractivity contribution in [3.8, 4) is 11.4 Å². The lowest BCUT2D eigenvalue weighted by atomic mass is 9.96. The summed E-state index contributed by atoms with van der Waals surface area (Å²) in [7, 11) is 0. The van der Waals surface area contributed by atoms with Gasteiger partial charge in [-0.05, 0) is 50.2 Å². The number of amides is 1. The number of rotatable bonds is 5. The summed E-state index contributed by atoms with van der Waals surface area (Å²) in [6.45, 7) is 4.07. The molecule has 0 saturated carbocycles. The zero-order valence-corrected chi connectivity index (χ0v) is 18.9. The summed E-state index contributed by atoms with van der Waals surface area (Å²) in [6, 6.07) is 16.2. The predicted molar refractivity (Wildman–Crippen MR) is 127 cm³/mol. The molecule has 0 spiro atoms. The number of fused-ring (bicyclic) bond motifs is 1. The van der Waals surface area contributed by atoms with Crippen molar-refractivity contribution < 1.29 is 4.79 Å². The fraction of sp³-hybridized carbons (Fsp3) is 0.333. The van der Waals surface area contributed by atoms with Crippen molar-refractivity contribution >= 4 is 29.2 Å². The number of imidazole rings is 1. The van der Waals surface area contributed by atoms with Gasteiger partial charge in [0.15, 0.2) is 10.6 Å². The van der Waals surface area contributed by atoms with Gasteiger partial charge in [0.2, 0.25) is 5.91 Å². The van der Waals surface area contributed by atoms with E-state index >= 15 is 0 Å². The summed E-state index contributed by atoms with van der Waals surface area (Å²) < 4.78 is 2.46. The maximum Gasteiger partial charge on any atom is 0.224 e. The summed E-state index contributed by atoms with van der Waals surface area (Å²) in [6.07, 6.45) is 2.25. The molecule has 2 aromatic heterocycles. The third-order valence-electron chi connectivity index (χ3n) is 6.23.